The van der Waals surface area contributed by atoms with Crippen LogP contribution in [0.2, 0.25) is 5.02 Å². The molecule has 0 radical (unpaired) electrons. The van der Waals surface area contributed by atoms with E-state index in [0.29, 0.717) is 24.4 Å². The number of sulfonamides is 1. The molecular weight excluding hydrogens is 544 g/mol. The molecule has 0 aliphatic rings. The summed E-state index contributed by atoms with van der Waals surface area (Å²) in [4.78, 5) is 12.9. The summed E-state index contributed by atoms with van der Waals surface area (Å²) in [6.07, 6.45) is 1.14. The van der Waals surface area contributed by atoms with Gasteiger partial charge < -0.3 is 10.4 Å². The van der Waals surface area contributed by atoms with Crippen LogP contribution in [0.5, 0.6) is 0 Å². The molecule has 2 unspecified atom stereocenters. The van der Waals surface area contributed by atoms with Gasteiger partial charge in [0.15, 0.2) is 0 Å². The molecule has 0 saturated heterocycles. The summed E-state index contributed by atoms with van der Waals surface area (Å²) < 4.78 is 28.9. The number of nitrogens with one attached hydrogen (secondary N) is 1. The lowest BCUT2D eigenvalue weighted by molar-refractivity contribution is -0.143. The van der Waals surface area contributed by atoms with Crippen LogP contribution in [0.1, 0.15) is 22.7 Å². The lowest BCUT2D eigenvalue weighted by atomic mass is 9.92. The van der Waals surface area contributed by atoms with Gasteiger partial charge in [-0.2, -0.15) is 4.31 Å². The van der Waals surface area contributed by atoms with Gasteiger partial charge in [0.1, 0.15) is 0 Å². The van der Waals surface area contributed by atoms with Crippen LogP contribution in [0, 0.1) is 5.92 Å². The van der Waals surface area contributed by atoms with E-state index in [9.17, 15) is 18.3 Å². The second-order valence-corrected chi connectivity index (χ2v) is 11.9. The molecule has 0 aliphatic carbocycles. The van der Waals surface area contributed by atoms with E-state index in [2.05, 4.69) is 5.32 Å². The zero-order valence-corrected chi connectivity index (χ0v) is 23.6. The molecule has 0 aromatic heterocycles. The Morgan fingerprint density at radius 3 is 1.85 bits per heavy atom. The van der Waals surface area contributed by atoms with Gasteiger partial charge in [0.25, 0.3) is 0 Å². The number of benzene rings is 4. The Morgan fingerprint density at radius 2 is 1.30 bits per heavy atom. The maximum absolute atomic E-state index is 13.8. The van der Waals surface area contributed by atoms with Crippen molar-refractivity contribution < 1.29 is 18.3 Å². The Balaban J connectivity index is 1.64. The average Bonchev–Trinajstić information content (AvgIpc) is 2.98. The predicted octanol–water partition coefficient (Wildman–Crippen LogP) is 5.85. The molecule has 0 bridgehead atoms. The van der Waals surface area contributed by atoms with Crippen molar-refractivity contribution >= 4 is 27.6 Å². The van der Waals surface area contributed by atoms with Crippen LogP contribution in [-0.4, -0.2) is 43.4 Å². The summed E-state index contributed by atoms with van der Waals surface area (Å²) in [6.45, 7) is 0.448. The molecule has 0 saturated carbocycles. The van der Waals surface area contributed by atoms with Gasteiger partial charge in [-0.25, -0.2) is 8.42 Å². The van der Waals surface area contributed by atoms with Crippen molar-refractivity contribution in [3.05, 3.63) is 137 Å². The number of carboxylic acid groups (broad SMARTS) is 1. The Kier molecular flexibility index (Phi) is 10.5. The van der Waals surface area contributed by atoms with Crippen LogP contribution in [0.25, 0.3) is 0 Å². The van der Waals surface area contributed by atoms with Crippen molar-refractivity contribution in [2.75, 3.05) is 19.6 Å². The Hall–Kier alpha value is -3.49. The fraction of sp³-hybridized carbons (Fsp3) is 0.219. The molecule has 40 heavy (non-hydrogen) atoms. The topological polar surface area (TPSA) is 86.7 Å². The fourth-order valence-corrected chi connectivity index (χ4v) is 6.29. The second-order valence-electron chi connectivity index (χ2n) is 9.58. The van der Waals surface area contributed by atoms with Gasteiger partial charge in [0.2, 0.25) is 10.0 Å². The van der Waals surface area contributed by atoms with Crippen LogP contribution in [0.4, 0.5) is 0 Å². The molecule has 208 valence electrons. The quantitative estimate of drug-likeness (QED) is 0.197. The number of halogens is 1. The van der Waals surface area contributed by atoms with Crippen molar-refractivity contribution in [3.8, 4) is 0 Å². The first-order valence-corrected chi connectivity index (χ1v) is 15.0. The molecule has 2 atom stereocenters. The van der Waals surface area contributed by atoms with Crippen LogP contribution >= 0.6 is 11.6 Å². The number of carbonyl (C=O) groups is 1. The lowest BCUT2D eigenvalue weighted by Crippen LogP contribution is -2.44. The molecule has 8 heteroatoms. The minimum atomic E-state index is -3.96. The average molecular weight is 577 g/mol. The van der Waals surface area contributed by atoms with Gasteiger partial charge in [-0.15, -0.1) is 0 Å². The highest BCUT2D eigenvalue weighted by molar-refractivity contribution is 7.89. The van der Waals surface area contributed by atoms with Crippen LogP contribution in [-0.2, 0) is 27.7 Å². The smallest absolute Gasteiger partial charge is 0.309 e. The molecule has 4 aromatic rings. The summed E-state index contributed by atoms with van der Waals surface area (Å²) >= 11 is 6.13. The van der Waals surface area contributed by atoms with E-state index in [1.165, 1.54) is 16.4 Å². The number of rotatable bonds is 14. The zero-order chi connectivity index (χ0) is 28.4. The molecule has 4 rings (SSSR count). The third kappa shape index (κ3) is 8.02. The summed E-state index contributed by atoms with van der Waals surface area (Å²) in [5, 5.41) is 14.4. The van der Waals surface area contributed by atoms with Crippen LogP contribution in [0.3, 0.4) is 0 Å². The first-order valence-electron chi connectivity index (χ1n) is 13.2. The molecule has 0 heterocycles. The number of carboxylic acids is 1. The Morgan fingerprint density at radius 1 is 0.775 bits per heavy atom. The van der Waals surface area contributed by atoms with Gasteiger partial charge in [-0.3, -0.25) is 4.79 Å². The molecule has 0 amide bonds. The number of hydrogen-bond donors (Lipinski definition) is 2. The monoisotopic (exact) mass is 576 g/mol. The fourth-order valence-electron chi connectivity index (χ4n) is 4.67. The maximum atomic E-state index is 13.8. The molecule has 2 N–H and O–H groups in total. The number of aliphatic carboxylic acids is 1. The van der Waals surface area contributed by atoms with E-state index in [0.717, 1.165) is 16.7 Å². The lowest BCUT2D eigenvalue weighted by Gasteiger charge is -2.31. The summed E-state index contributed by atoms with van der Waals surface area (Å²) in [7, 11) is -3.96. The van der Waals surface area contributed by atoms with Gasteiger partial charge in [-0.05, 0) is 60.3 Å². The standard InChI is InChI=1S/C32H33ClN2O4S/c33-28-18-16-27(17-19-28)31(34-22-20-25-10-4-1-5-11-25)30(32(36)37)24-35(23-21-26-12-6-2-7-13-26)40(38,39)29-14-8-3-9-15-29/h1-19,30-31,34H,20-24H2,(H,36,37). The van der Waals surface area contributed by atoms with Gasteiger partial charge >= 0.3 is 5.97 Å². The van der Waals surface area contributed by atoms with Crippen LogP contribution in [0.15, 0.2) is 120 Å². The normalized spacial score (nSPS) is 13.2. The minimum absolute atomic E-state index is 0.132. The SMILES string of the molecule is O=C(O)C(CN(CCc1ccccc1)S(=O)(=O)c1ccccc1)C(NCCc1ccccc1)c1ccc(Cl)cc1. The van der Waals surface area contributed by atoms with E-state index >= 15 is 0 Å². The third-order valence-electron chi connectivity index (χ3n) is 6.84. The Bertz CT molecular complexity index is 1450. The summed E-state index contributed by atoms with van der Waals surface area (Å²) in [6, 6.07) is 34.0. The second kappa shape index (κ2) is 14.2. The highest BCUT2D eigenvalue weighted by atomic mass is 35.5. The molecule has 0 spiro atoms. The summed E-state index contributed by atoms with van der Waals surface area (Å²) in [5.41, 5.74) is 2.82. The first kappa shape index (κ1) is 29.5. The molecule has 0 aliphatic heterocycles. The van der Waals surface area contributed by atoms with E-state index in [1.807, 2.05) is 60.7 Å². The van der Waals surface area contributed by atoms with Crippen molar-refractivity contribution in [1.82, 2.24) is 9.62 Å². The molecular formula is C32H33ClN2O4S. The summed E-state index contributed by atoms with van der Waals surface area (Å²) in [5.74, 6) is -2.15. The van der Waals surface area contributed by atoms with Gasteiger partial charge in [0.05, 0.1) is 10.8 Å². The van der Waals surface area contributed by atoms with Crippen LogP contribution < -0.4 is 5.32 Å². The van der Waals surface area contributed by atoms with E-state index in [-0.39, 0.29) is 18.0 Å². The predicted molar refractivity (Wildman–Crippen MR) is 159 cm³/mol. The van der Waals surface area contributed by atoms with E-state index < -0.39 is 28.0 Å². The first-order chi connectivity index (χ1) is 19.3. The highest BCUT2D eigenvalue weighted by Gasteiger charge is 2.35. The zero-order valence-electron chi connectivity index (χ0n) is 22.1. The minimum Gasteiger partial charge on any atom is -0.481 e. The van der Waals surface area contributed by atoms with E-state index in [1.54, 1.807) is 42.5 Å². The van der Waals surface area contributed by atoms with Crippen molar-refractivity contribution in [2.45, 2.75) is 23.8 Å². The maximum Gasteiger partial charge on any atom is 0.309 e. The molecule has 6 nitrogen and oxygen atoms in total. The van der Waals surface area contributed by atoms with Crippen molar-refractivity contribution in [2.24, 2.45) is 5.92 Å². The van der Waals surface area contributed by atoms with E-state index in [4.69, 9.17) is 11.6 Å². The molecule has 4 aromatic carbocycles. The number of hydrogen-bond acceptors (Lipinski definition) is 4. The van der Waals surface area contributed by atoms with Crippen molar-refractivity contribution in [1.29, 1.82) is 0 Å². The third-order valence-corrected chi connectivity index (χ3v) is 8.97. The Labute approximate surface area is 241 Å². The van der Waals surface area contributed by atoms with Gasteiger partial charge in [-0.1, -0.05) is 103 Å². The highest BCUT2D eigenvalue weighted by Crippen LogP contribution is 2.28. The van der Waals surface area contributed by atoms with Gasteiger partial charge in [0, 0.05) is 24.2 Å². The number of nitrogens with zero attached hydrogens (tertiary/aromatic N) is 1. The van der Waals surface area contributed by atoms with Crippen molar-refractivity contribution in [3.63, 3.8) is 0 Å². The largest absolute Gasteiger partial charge is 0.481 e. The molecule has 0 fully saturated rings.